The molecule has 0 atom stereocenters. The van der Waals surface area contributed by atoms with Crippen molar-refractivity contribution in [2.24, 2.45) is 0 Å². The Morgan fingerprint density at radius 3 is 2.68 bits per heavy atom. The number of anilines is 1. The molecule has 0 saturated heterocycles. The van der Waals surface area contributed by atoms with Crippen molar-refractivity contribution in [1.82, 2.24) is 20.1 Å². The molecule has 9 heteroatoms. The van der Waals surface area contributed by atoms with E-state index in [1.165, 1.54) is 6.33 Å². The zero-order valence-electron chi connectivity index (χ0n) is 14.7. The Labute approximate surface area is 159 Å². The molecule has 2 aromatic carbocycles. The maximum absolute atomic E-state index is 13.6. The molecule has 0 radical (unpaired) electrons. The molecule has 3 rings (SSSR count). The molecular formula is C19H17F2N5O2. The number of carbonyl (C=O) groups excluding carboxylic acids is 2. The van der Waals surface area contributed by atoms with Gasteiger partial charge in [-0.1, -0.05) is 18.2 Å². The smallest absolute Gasteiger partial charge is 0.254 e. The molecule has 0 saturated carbocycles. The fourth-order valence-electron chi connectivity index (χ4n) is 2.54. The normalized spacial score (nSPS) is 10.5. The SMILES string of the molecule is O=C(CCNC(=O)c1ccc(F)cc1F)Nc1ccccc1Cn1cncn1. The van der Waals surface area contributed by atoms with Gasteiger partial charge in [0.15, 0.2) is 0 Å². The molecule has 3 aromatic rings. The number of hydrogen-bond acceptors (Lipinski definition) is 4. The number of nitrogens with zero attached hydrogens (tertiary/aromatic N) is 3. The average molecular weight is 385 g/mol. The summed E-state index contributed by atoms with van der Waals surface area (Å²) in [6.07, 6.45) is 2.99. The standard InChI is InChI=1S/C19H17F2N5O2/c20-14-5-6-15(16(21)9-14)19(28)23-8-7-18(27)25-17-4-2-1-3-13(17)10-26-12-22-11-24-26/h1-6,9,11-12H,7-8,10H2,(H,23,28)(H,25,27). The molecule has 7 nitrogen and oxygen atoms in total. The number of halogens is 2. The van der Waals surface area contributed by atoms with Crippen LogP contribution in [-0.4, -0.2) is 33.1 Å². The topological polar surface area (TPSA) is 88.9 Å². The largest absolute Gasteiger partial charge is 0.351 e. The molecule has 0 aliphatic rings. The van der Waals surface area contributed by atoms with Gasteiger partial charge >= 0.3 is 0 Å². The summed E-state index contributed by atoms with van der Waals surface area (Å²) in [5.41, 5.74) is 1.19. The maximum atomic E-state index is 13.6. The molecule has 0 fully saturated rings. The van der Waals surface area contributed by atoms with Gasteiger partial charge in [-0.2, -0.15) is 5.10 Å². The third-order valence-electron chi connectivity index (χ3n) is 3.90. The van der Waals surface area contributed by atoms with E-state index in [9.17, 15) is 18.4 Å². The molecule has 0 spiro atoms. The summed E-state index contributed by atoms with van der Waals surface area (Å²) < 4.78 is 28.1. The van der Waals surface area contributed by atoms with Crippen LogP contribution in [0.2, 0.25) is 0 Å². The Balaban J connectivity index is 1.53. The van der Waals surface area contributed by atoms with Gasteiger partial charge in [-0.3, -0.25) is 9.59 Å². The van der Waals surface area contributed by atoms with E-state index in [1.807, 2.05) is 12.1 Å². The molecule has 0 unspecified atom stereocenters. The summed E-state index contributed by atoms with van der Waals surface area (Å²) in [4.78, 5) is 28.0. The van der Waals surface area contributed by atoms with E-state index < -0.39 is 17.5 Å². The predicted molar refractivity (Wildman–Crippen MR) is 97.5 cm³/mol. The highest BCUT2D eigenvalue weighted by Gasteiger charge is 2.13. The third kappa shape index (κ3) is 4.97. The van der Waals surface area contributed by atoms with E-state index in [2.05, 4.69) is 20.7 Å². The Hall–Kier alpha value is -3.62. The summed E-state index contributed by atoms with van der Waals surface area (Å²) >= 11 is 0. The van der Waals surface area contributed by atoms with Crippen molar-refractivity contribution in [3.05, 3.63) is 77.9 Å². The summed E-state index contributed by atoms with van der Waals surface area (Å²) in [5.74, 6) is -2.75. The van der Waals surface area contributed by atoms with E-state index >= 15 is 0 Å². The van der Waals surface area contributed by atoms with Crippen LogP contribution in [0.1, 0.15) is 22.3 Å². The highest BCUT2D eigenvalue weighted by molar-refractivity contribution is 5.95. The van der Waals surface area contributed by atoms with E-state index in [-0.39, 0.29) is 24.4 Å². The highest BCUT2D eigenvalue weighted by Crippen LogP contribution is 2.16. The Morgan fingerprint density at radius 1 is 1.11 bits per heavy atom. The van der Waals surface area contributed by atoms with Crippen molar-refractivity contribution in [3.63, 3.8) is 0 Å². The van der Waals surface area contributed by atoms with Crippen LogP contribution >= 0.6 is 0 Å². The van der Waals surface area contributed by atoms with E-state index in [0.717, 1.165) is 17.7 Å². The van der Waals surface area contributed by atoms with Crippen LogP contribution in [0.4, 0.5) is 14.5 Å². The fourth-order valence-corrected chi connectivity index (χ4v) is 2.54. The van der Waals surface area contributed by atoms with Gasteiger partial charge in [0, 0.05) is 24.7 Å². The summed E-state index contributed by atoms with van der Waals surface area (Å²) in [5, 5.41) is 9.26. The summed E-state index contributed by atoms with van der Waals surface area (Å²) in [7, 11) is 0. The van der Waals surface area contributed by atoms with Gasteiger partial charge in [-0.15, -0.1) is 0 Å². The molecule has 28 heavy (non-hydrogen) atoms. The van der Waals surface area contributed by atoms with Crippen LogP contribution in [0.5, 0.6) is 0 Å². The first-order valence-electron chi connectivity index (χ1n) is 8.46. The van der Waals surface area contributed by atoms with Gasteiger partial charge < -0.3 is 10.6 Å². The minimum Gasteiger partial charge on any atom is -0.351 e. The number of amides is 2. The summed E-state index contributed by atoms with van der Waals surface area (Å²) in [6, 6.07) is 9.94. The Morgan fingerprint density at radius 2 is 1.93 bits per heavy atom. The molecule has 144 valence electrons. The molecule has 0 bridgehead atoms. The minimum absolute atomic E-state index is 0.00667. The molecule has 0 aliphatic carbocycles. The number of carbonyl (C=O) groups is 2. The van der Waals surface area contributed by atoms with Gasteiger partial charge in [0.2, 0.25) is 5.91 Å². The first-order chi connectivity index (χ1) is 13.5. The van der Waals surface area contributed by atoms with Gasteiger partial charge in [-0.05, 0) is 23.8 Å². The number of hydrogen-bond donors (Lipinski definition) is 2. The number of benzene rings is 2. The lowest BCUT2D eigenvalue weighted by Gasteiger charge is -2.11. The van der Waals surface area contributed by atoms with Crippen LogP contribution < -0.4 is 10.6 Å². The second-order valence-electron chi connectivity index (χ2n) is 5.93. The van der Waals surface area contributed by atoms with Crippen LogP contribution in [0.15, 0.2) is 55.1 Å². The van der Waals surface area contributed by atoms with Crippen LogP contribution in [0.3, 0.4) is 0 Å². The van der Waals surface area contributed by atoms with Gasteiger partial charge in [0.05, 0.1) is 12.1 Å². The van der Waals surface area contributed by atoms with Gasteiger partial charge in [-0.25, -0.2) is 18.4 Å². The first-order valence-corrected chi connectivity index (χ1v) is 8.46. The zero-order valence-corrected chi connectivity index (χ0v) is 14.7. The van der Waals surface area contributed by atoms with Crippen LogP contribution in [0.25, 0.3) is 0 Å². The molecule has 2 N–H and O–H groups in total. The van der Waals surface area contributed by atoms with Crippen LogP contribution in [-0.2, 0) is 11.3 Å². The van der Waals surface area contributed by atoms with Crippen molar-refractivity contribution in [2.75, 3.05) is 11.9 Å². The lowest BCUT2D eigenvalue weighted by atomic mass is 10.1. The Bertz CT molecular complexity index is 976. The van der Waals surface area contributed by atoms with Crippen molar-refractivity contribution in [1.29, 1.82) is 0 Å². The second kappa shape index (κ2) is 8.85. The first kappa shape index (κ1) is 19.2. The minimum atomic E-state index is -0.955. The van der Waals surface area contributed by atoms with Crippen molar-refractivity contribution in [3.8, 4) is 0 Å². The lowest BCUT2D eigenvalue weighted by Crippen LogP contribution is -2.28. The molecule has 2 amide bonds. The zero-order chi connectivity index (χ0) is 19.9. The molecule has 1 aromatic heterocycles. The summed E-state index contributed by atoms with van der Waals surface area (Å²) in [6.45, 7) is 0.448. The number of aromatic nitrogens is 3. The maximum Gasteiger partial charge on any atom is 0.254 e. The number of rotatable bonds is 7. The Kier molecular flexibility index (Phi) is 6.05. The lowest BCUT2D eigenvalue weighted by molar-refractivity contribution is -0.116. The van der Waals surface area contributed by atoms with Crippen molar-refractivity contribution < 1.29 is 18.4 Å². The number of nitrogens with one attached hydrogen (secondary N) is 2. The highest BCUT2D eigenvalue weighted by atomic mass is 19.1. The quantitative estimate of drug-likeness (QED) is 0.654. The van der Waals surface area contributed by atoms with E-state index in [0.29, 0.717) is 18.3 Å². The molecule has 0 aliphatic heterocycles. The predicted octanol–water partition coefficient (Wildman–Crippen LogP) is 2.36. The van der Waals surface area contributed by atoms with Crippen molar-refractivity contribution >= 4 is 17.5 Å². The van der Waals surface area contributed by atoms with Crippen LogP contribution in [0, 0.1) is 11.6 Å². The van der Waals surface area contributed by atoms with E-state index in [1.54, 1.807) is 23.1 Å². The monoisotopic (exact) mass is 385 g/mol. The van der Waals surface area contributed by atoms with Gasteiger partial charge in [0.1, 0.15) is 24.3 Å². The fraction of sp³-hybridized carbons (Fsp3) is 0.158. The molecule has 1 heterocycles. The molecular weight excluding hydrogens is 368 g/mol. The van der Waals surface area contributed by atoms with E-state index in [4.69, 9.17) is 0 Å². The third-order valence-corrected chi connectivity index (χ3v) is 3.90. The van der Waals surface area contributed by atoms with Gasteiger partial charge in [0.25, 0.3) is 5.91 Å². The number of para-hydroxylation sites is 1. The van der Waals surface area contributed by atoms with Crippen molar-refractivity contribution in [2.45, 2.75) is 13.0 Å². The average Bonchev–Trinajstić information content (AvgIpc) is 3.16. The second-order valence-corrected chi connectivity index (χ2v) is 5.93.